The molecule has 29 heavy (non-hydrogen) atoms. The predicted molar refractivity (Wildman–Crippen MR) is 126 cm³/mol. The maximum absolute atomic E-state index is 13.3. The summed E-state index contributed by atoms with van der Waals surface area (Å²) in [6.45, 7) is 7.00. The average molecular weight is 512 g/mol. The van der Waals surface area contributed by atoms with Gasteiger partial charge in [-0.05, 0) is 35.7 Å². The van der Waals surface area contributed by atoms with E-state index >= 15 is 0 Å². The summed E-state index contributed by atoms with van der Waals surface area (Å²) in [4.78, 5) is 6.67. The number of guanidine groups is 1. The minimum atomic E-state index is -0.228. The van der Waals surface area contributed by atoms with E-state index in [-0.39, 0.29) is 29.8 Å². The second-order valence-electron chi connectivity index (χ2n) is 7.15. The summed E-state index contributed by atoms with van der Waals surface area (Å²) >= 11 is 0. The lowest BCUT2D eigenvalue weighted by molar-refractivity contribution is -0.0212. The molecule has 1 heterocycles. The molecular weight excluding hydrogens is 482 g/mol. The van der Waals surface area contributed by atoms with Crippen LogP contribution in [-0.4, -0.2) is 43.7 Å². The third-order valence-electron chi connectivity index (χ3n) is 4.76. The van der Waals surface area contributed by atoms with Crippen molar-refractivity contribution in [2.45, 2.75) is 32.7 Å². The van der Waals surface area contributed by atoms with Crippen molar-refractivity contribution < 1.29 is 9.13 Å². The molecule has 0 saturated carbocycles. The van der Waals surface area contributed by atoms with Gasteiger partial charge in [0.25, 0.3) is 0 Å². The molecule has 1 saturated heterocycles. The fourth-order valence-electron chi connectivity index (χ4n) is 3.37. The first kappa shape index (κ1) is 23.6. The number of hydrogen-bond donors (Lipinski definition) is 2. The topological polar surface area (TPSA) is 48.9 Å². The zero-order valence-electron chi connectivity index (χ0n) is 17.0. The van der Waals surface area contributed by atoms with Crippen LogP contribution in [0.4, 0.5) is 4.39 Å². The Kier molecular flexibility index (Phi) is 9.83. The molecule has 7 heteroatoms. The Balaban J connectivity index is 0.00000300. The minimum absolute atomic E-state index is 0. The first-order valence-electron chi connectivity index (χ1n) is 9.73. The van der Waals surface area contributed by atoms with Crippen molar-refractivity contribution >= 4 is 29.9 Å². The predicted octanol–water partition coefficient (Wildman–Crippen LogP) is 3.53. The Morgan fingerprint density at radius 2 is 1.76 bits per heavy atom. The van der Waals surface area contributed by atoms with Crippen LogP contribution in [0.5, 0.6) is 0 Å². The molecule has 2 N–H and O–H groups in total. The molecular formula is C22H30FIN4O. The number of halogens is 2. The van der Waals surface area contributed by atoms with Crippen molar-refractivity contribution in [1.82, 2.24) is 15.5 Å². The molecule has 0 amide bonds. The van der Waals surface area contributed by atoms with Gasteiger partial charge in [0.15, 0.2) is 5.96 Å². The maximum Gasteiger partial charge on any atom is 0.191 e. The molecule has 0 aliphatic carbocycles. The van der Waals surface area contributed by atoms with Crippen LogP contribution >= 0.6 is 24.0 Å². The van der Waals surface area contributed by atoms with Crippen LogP contribution in [0.2, 0.25) is 0 Å². The van der Waals surface area contributed by atoms with Crippen LogP contribution in [0.1, 0.15) is 23.6 Å². The van der Waals surface area contributed by atoms with E-state index in [1.165, 1.54) is 23.3 Å². The van der Waals surface area contributed by atoms with Gasteiger partial charge in [0.05, 0.1) is 12.7 Å². The van der Waals surface area contributed by atoms with Crippen molar-refractivity contribution in [1.29, 1.82) is 0 Å². The summed E-state index contributed by atoms with van der Waals surface area (Å²) < 4.78 is 18.9. The van der Waals surface area contributed by atoms with E-state index in [0.29, 0.717) is 25.2 Å². The molecule has 3 rings (SSSR count). The highest BCUT2D eigenvalue weighted by molar-refractivity contribution is 14.0. The SMILES string of the molecule is CN=C(NCc1cccc(F)c1)NCc1cccc(CN2CCOC(C)C2)c1.I. The molecule has 1 atom stereocenters. The van der Waals surface area contributed by atoms with Crippen molar-refractivity contribution in [3.8, 4) is 0 Å². The lowest BCUT2D eigenvalue weighted by Crippen LogP contribution is -2.40. The number of benzene rings is 2. The van der Waals surface area contributed by atoms with E-state index in [4.69, 9.17) is 4.74 Å². The smallest absolute Gasteiger partial charge is 0.191 e. The minimum Gasteiger partial charge on any atom is -0.376 e. The summed E-state index contributed by atoms with van der Waals surface area (Å²) in [5.74, 6) is 0.463. The van der Waals surface area contributed by atoms with Gasteiger partial charge in [-0.1, -0.05) is 36.4 Å². The third-order valence-corrected chi connectivity index (χ3v) is 4.76. The van der Waals surface area contributed by atoms with Gasteiger partial charge in [0.2, 0.25) is 0 Å². The zero-order chi connectivity index (χ0) is 19.8. The van der Waals surface area contributed by atoms with E-state index in [9.17, 15) is 4.39 Å². The van der Waals surface area contributed by atoms with Gasteiger partial charge in [-0.3, -0.25) is 9.89 Å². The zero-order valence-corrected chi connectivity index (χ0v) is 19.4. The summed E-state index contributed by atoms with van der Waals surface area (Å²) in [6, 6.07) is 15.2. The highest BCUT2D eigenvalue weighted by atomic mass is 127. The van der Waals surface area contributed by atoms with E-state index in [1.54, 1.807) is 13.1 Å². The quantitative estimate of drug-likeness (QED) is 0.354. The number of aliphatic imine (C=N–C) groups is 1. The Morgan fingerprint density at radius 3 is 2.41 bits per heavy atom. The number of hydrogen-bond acceptors (Lipinski definition) is 3. The van der Waals surface area contributed by atoms with E-state index in [0.717, 1.165) is 31.8 Å². The second kappa shape index (κ2) is 12.1. The number of morpholine rings is 1. The van der Waals surface area contributed by atoms with Crippen LogP contribution in [0.3, 0.4) is 0 Å². The van der Waals surface area contributed by atoms with Gasteiger partial charge >= 0.3 is 0 Å². The first-order valence-corrected chi connectivity index (χ1v) is 9.73. The van der Waals surface area contributed by atoms with Gasteiger partial charge in [0.1, 0.15) is 5.82 Å². The van der Waals surface area contributed by atoms with Crippen molar-refractivity contribution in [3.05, 3.63) is 71.0 Å². The van der Waals surface area contributed by atoms with Gasteiger partial charge < -0.3 is 15.4 Å². The molecule has 2 aromatic rings. The van der Waals surface area contributed by atoms with Gasteiger partial charge in [0, 0.05) is 39.8 Å². The highest BCUT2D eigenvalue weighted by Crippen LogP contribution is 2.12. The molecule has 0 aromatic heterocycles. The Labute approximate surface area is 189 Å². The largest absolute Gasteiger partial charge is 0.376 e. The summed E-state index contributed by atoms with van der Waals surface area (Å²) in [5, 5.41) is 6.54. The summed E-state index contributed by atoms with van der Waals surface area (Å²) in [6.07, 6.45) is 0.297. The third kappa shape index (κ3) is 7.91. The molecule has 0 spiro atoms. The van der Waals surface area contributed by atoms with E-state index < -0.39 is 0 Å². The molecule has 0 bridgehead atoms. The maximum atomic E-state index is 13.3. The molecule has 1 aliphatic rings. The van der Waals surface area contributed by atoms with Gasteiger partial charge in [-0.15, -0.1) is 24.0 Å². The average Bonchev–Trinajstić information content (AvgIpc) is 2.68. The Hall–Kier alpha value is -1.71. The normalized spacial score (nSPS) is 17.5. The van der Waals surface area contributed by atoms with E-state index in [1.807, 2.05) is 6.07 Å². The molecule has 1 fully saturated rings. The highest BCUT2D eigenvalue weighted by Gasteiger charge is 2.16. The number of ether oxygens (including phenoxy) is 1. The van der Waals surface area contributed by atoms with Crippen molar-refractivity contribution in [2.24, 2.45) is 4.99 Å². The first-order chi connectivity index (χ1) is 13.6. The number of nitrogens with one attached hydrogen (secondary N) is 2. The summed E-state index contributed by atoms with van der Waals surface area (Å²) in [5.41, 5.74) is 3.38. The van der Waals surface area contributed by atoms with Gasteiger partial charge in [-0.25, -0.2) is 4.39 Å². The van der Waals surface area contributed by atoms with Crippen LogP contribution in [0, 0.1) is 5.82 Å². The molecule has 1 aliphatic heterocycles. The second-order valence-corrected chi connectivity index (χ2v) is 7.15. The molecule has 158 valence electrons. The number of nitrogens with zero attached hydrogens (tertiary/aromatic N) is 2. The Bertz CT molecular complexity index is 802. The standard InChI is InChI=1S/C22H29FN4O.HI/c1-17-15-27(9-10-28-17)16-20-7-3-5-18(11-20)13-25-22(24-2)26-14-19-6-4-8-21(23)12-19;/h3-8,11-12,17H,9-10,13-16H2,1-2H3,(H2,24,25,26);1H. The molecule has 0 radical (unpaired) electrons. The van der Waals surface area contributed by atoms with E-state index in [2.05, 4.69) is 51.7 Å². The van der Waals surface area contributed by atoms with Crippen LogP contribution in [0.15, 0.2) is 53.5 Å². The lowest BCUT2D eigenvalue weighted by atomic mass is 10.1. The van der Waals surface area contributed by atoms with Crippen LogP contribution in [0.25, 0.3) is 0 Å². The fraction of sp³-hybridized carbons (Fsp3) is 0.409. The van der Waals surface area contributed by atoms with Crippen molar-refractivity contribution in [3.63, 3.8) is 0 Å². The van der Waals surface area contributed by atoms with Gasteiger partial charge in [-0.2, -0.15) is 0 Å². The van der Waals surface area contributed by atoms with Crippen LogP contribution < -0.4 is 10.6 Å². The Morgan fingerprint density at radius 1 is 1.10 bits per heavy atom. The fourth-order valence-corrected chi connectivity index (χ4v) is 3.37. The van der Waals surface area contributed by atoms with Crippen molar-refractivity contribution in [2.75, 3.05) is 26.7 Å². The molecule has 5 nitrogen and oxygen atoms in total. The molecule has 1 unspecified atom stereocenters. The van der Waals surface area contributed by atoms with Crippen LogP contribution in [-0.2, 0) is 24.4 Å². The monoisotopic (exact) mass is 512 g/mol. The number of rotatable bonds is 6. The molecule has 2 aromatic carbocycles. The summed E-state index contributed by atoms with van der Waals surface area (Å²) in [7, 11) is 1.73. The lowest BCUT2D eigenvalue weighted by Gasteiger charge is -2.31.